The van der Waals surface area contributed by atoms with Crippen LogP contribution in [0.25, 0.3) is 0 Å². The molecule has 1 atom stereocenters. The standard InChI is InChI=1S/C15H24N2O2S/c1-12(11-15(19)17(2)3)16-13-5-7-14(8-6-13)20-10-4-9-18/h5-8,12,16,18H,4,9-11H2,1-3H3. The number of carbonyl (C=O) groups is 1. The topological polar surface area (TPSA) is 52.6 Å². The minimum Gasteiger partial charge on any atom is -0.396 e. The second kappa shape index (κ2) is 8.87. The summed E-state index contributed by atoms with van der Waals surface area (Å²) >= 11 is 1.74. The molecule has 0 radical (unpaired) electrons. The highest BCUT2D eigenvalue weighted by atomic mass is 32.2. The summed E-state index contributed by atoms with van der Waals surface area (Å²) in [6.45, 7) is 2.25. The van der Waals surface area contributed by atoms with Crippen LogP contribution < -0.4 is 5.32 Å². The van der Waals surface area contributed by atoms with E-state index in [1.165, 1.54) is 4.90 Å². The normalized spacial score (nSPS) is 12.0. The third-order valence-corrected chi connectivity index (χ3v) is 3.92. The smallest absolute Gasteiger partial charge is 0.224 e. The molecule has 0 saturated heterocycles. The number of hydrogen-bond donors (Lipinski definition) is 2. The van der Waals surface area contributed by atoms with E-state index in [0.717, 1.165) is 17.9 Å². The van der Waals surface area contributed by atoms with Crippen molar-refractivity contribution >= 4 is 23.4 Å². The fourth-order valence-electron chi connectivity index (χ4n) is 1.68. The Morgan fingerprint density at radius 1 is 1.35 bits per heavy atom. The van der Waals surface area contributed by atoms with Gasteiger partial charge in [-0.1, -0.05) is 0 Å². The Morgan fingerprint density at radius 3 is 2.55 bits per heavy atom. The maximum atomic E-state index is 11.6. The SMILES string of the molecule is CC(CC(=O)N(C)C)Nc1ccc(SCCCO)cc1. The van der Waals surface area contributed by atoms with Crippen molar-refractivity contribution in [3.63, 3.8) is 0 Å². The molecule has 0 aromatic heterocycles. The number of amides is 1. The number of aliphatic hydroxyl groups excluding tert-OH is 1. The van der Waals surface area contributed by atoms with E-state index in [2.05, 4.69) is 17.4 Å². The highest BCUT2D eigenvalue weighted by Crippen LogP contribution is 2.21. The lowest BCUT2D eigenvalue weighted by Crippen LogP contribution is -2.28. The average Bonchev–Trinajstić information content (AvgIpc) is 2.40. The van der Waals surface area contributed by atoms with Crippen LogP contribution in [0.1, 0.15) is 19.8 Å². The van der Waals surface area contributed by atoms with Gasteiger partial charge in [0, 0.05) is 49.5 Å². The van der Waals surface area contributed by atoms with E-state index < -0.39 is 0 Å². The number of hydrogen-bond acceptors (Lipinski definition) is 4. The lowest BCUT2D eigenvalue weighted by Gasteiger charge is -2.17. The lowest BCUT2D eigenvalue weighted by molar-refractivity contribution is -0.128. The molecule has 1 rings (SSSR count). The molecule has 0 saturated carbocycles. The molecule has 0 bridgehead atoms. The molecule has 1 aromatic rings. The van der Waals surface area contributed by atoms with Gasteiger partial charge in [0.15, 0.2) is 0 Å². The van der Waals surface area contributed by atoms with Crippen molar-refractivity contribution in [3.8, 4) is 0 Å². The summed E-state index contributed by atoms with van der Waals surface area (Å²) in [5, 5.41) is 12.1. The first-order valence-electron chi connectivity index (χ1n) is 6.83. The van der Waals surface area contributed by atoms with Crippen LogP contribution in [0.15, 0.2) is 29.2 Å². The van der Waals surface area contributed by atoms with Crippen molar-refractivity contribution < 1.29 is 9.90 Å². The Balaban J connectivity index is 2.42. The van der Waals surface area contributed by atoms with Crippen molar-refractivity contribution in [1.29, 1.82) is 0 Å². The Labute approximate surface area is 125 Å². The third-order valence-electron chi connectivity index (χ3n) is 2.82. The second-order valence-corrected chi connectivity index (χ2v) is 6.16. The Hall–Kier alpha value is -1.20. The zero-order valence-electron chi connectivity index (χ0n) is 12.4. The first kappa shape index (κ1) is 16.9. The Kier molecular flexibility index (Phi) is 7.47. The number of benzene rings is 1. The maximum absolute atomic E-state index is 11.6. The molecule has 0 spiro atoms. The molecule has 0 aliphatic rings. The van der Waals surface area contributed by atoms with E-state index in [9.17, 15) is 4.79 Å². The van der Waals surface area contributed by atoms with Crippen molar-refractivity contribution in [1.82, 2.24) is 4.90 Å². The molecular weight excluding hydrogens is 272 g/mol. The van der Waals surface area contributed by atoms with Gasteiger partial charge >= 0.3 is 0 Å². The number of nitrogens with zero attached hydrogens (tertiary/aromatic N) is 1. The molecule has 0 aliphatic carbocycles. The molecule has 1 unspecified atom stereocenters. The van der Waals surface area contributed by atoms with Crippen LogP contribution in [0.5, 0.6) is 0 Å². The van der Waals surface area contributed by atoms with Crippen molar-refractivity contribution in [2.24, 2.45) is 0 Å². The number of carbonyl (C=O) groups excluding carboxylic acids is 1. The van der Waals surface area contributed by atoms with E-state index in [0.29, 0.717) is 6.42 Å². The quantitative estimate of drug-likeness (QED) is 0.571. The van der Waals surface area contributed by atoms with Crippen LogP contribution in [-0.2, 0) is 4.79 Å². The van der Waals surface area contributed by atoms with Crippen LogP contribution in [0.2, 0.25) is 0 Å². The molecule has 0 aliphatic heterocycles. The number of rotatable bonds is 8. The van der Waals surface area contributed by atoms with Crippen LogP contribution in [-0.4, -0.2) is 48.4 Å². The summed E-state index contributed by atoms with van der Waals surface area (Å²) in [7, 11) is 3.54. The molecule has 4 nitrogen and oxygen atoms in total. The molecular formula is C15H24N2O2S. The molecule has 5 heteroatoms. The lowest BCUT2D eigenvalue weighted by atomic mass is 10.2. The predicted octanol–water partition coefficient (Wildman–Crippen LogP) is 2.44. The van der Waals surface area contributed by atoms with Crippen molar-refractivity contribution in [2.45, 2.75) is 30.7 Å². The molecule has 1 aromatic carbocycles. The van der Waals surface area contributed by atoms with Crippen LogP contribution in [0.4, 0.5) is 5.69 Å². The van der Waals surface area contributed by atoms with Gasteiger partial charge in [0.1, 0.15) is 0 Å². The molecule has 20 heavy (non-hydrogen) atoms. The minimum atomic E-state index is 0.109. The average molecular weight is 296 g/mol. The van der Waals surface area contributed by atoms with Gasteiger partial charge in [0.2, 0.25) is 5.91 Å². The fourth-order valence-corrected chi connectivity index (χ4v) is 2.52. The van der Waals surface area contributed by atoms with E-state index >= 15 is 0 Å². The van der Waals surface area contributed by atoms with Gasteiger partial charge in [0.25, 0.3) is 0 Å². The monoisotopic (exact) mass is 296 g/mol. The van der Waals surface area contributed by atoms with Gasteiger partial charge in [-0.25, -0.2) is 0 Å². The number of aliphatic hydroxyl groups is 1. The largest absolute Gasteiger partial charge is 0.396 e. The summed E-state index contributed by atoms with van der Waals surface area (Å²) in [6, 6.07) is 8.28. The summed E-state index contributed by atoms with van der Waals surface area (Å²) in [5.74, 6) is 1.05. The Bertz CT molecular complexity index is 407. The van der Waals surface area contributed by atoms with E-state index in [1.54, 1.807) is 30.8 Å². The zero-order chi connectivity index (χ0) is 15.0. The van der Waals surface area contributed by atoms with E-state index in [-0.39, 0.29) is 18.6 Å². The second-order valence-electron chi connectivity index (χ2n) is 4.99. The highest BCUT2D eigenvalue weighted by molar-refractivity contribution is 7.99. The van der Waals surface area contributed by atoms with Gasteiger partial charge in [0.05, 0.1) is 0 Å². The van der Waals surface area contributed by atoms with Gasteiger partial charge in [-0.3, -0.25) is 4.79 Å². The first-order chi connectivity index (χ1) is 9.52. The minimum absolute atomic E-state index is 0.109. The van der Waals surface area contributed by atoms with Gasteiger partial charge in [-0.2, -0.15) is 0 Å². The molecule has 0 heterocycles. The maximum Gasteiger partial charge on any atom is 0.224 e. The molecule has 2 N–H and O–H groups in total. The Morgan fingerprint density at radius 2 is 2.00 bits per heavy atom. The summed E-state index contributed by atoms with van der Waals surface area (Å²) in [4.78, 5) is 14.4. The predicted molar refractivity (Wildman–Crippen MR) is 85.3 cm³/mol. The van der Waals surface area contributed by atoms with Crippen molar-refractivity contribution in [2.75, 3.05) is 31.8 Å². The van der Waals surface area contributed by atoms with E-state index in [4.69, 9.17) is 5.11 Å². The summed E-state index contributed by atoms with van der Waals surface area (Å²) in [5.41, 5.74) is 1.02. The fraction of sp³-hybridized carbons (Fsp3) is 0.533. The molecule has 1 amide bonds. The van der Waals surface area contributed by atoms with Gasteiger partial charge in [-0.05, 0) is 37.6 Å². The summed E-state index contributed by atoms with van der Waals surface area (Å²) in [6.07, 6.45) is 1.30. The summed E-state index contributed by atoms with van der Waals surface area (Å²) < 4.78 is 0. The van der Waals surface area contributed by atoms with E-state index in [1.807, 2.05) is 19.1 Å². The number of anilines is 1. The van der Waals surface area contributed by atoms with Gasteiger partial charge < -0.3 is 15.3 Å². The zero-order valence-corrected chi connectivity index (χ0v) is 13.2. The molecule has 0 fully saturated rings. The highest BCUT2D eigenvalue weighted by Gasteiger charge is 2.10. The van der Waals surface area contributed by atoms with Gasteiger partial charge in [-0.15, -0.1) is 11.8 Å². The van der Waals surface area contributed by atoms with Crippen molar-refractivity contribution in [3.05, 3.63) is 24.3 Å². The first-order valence-corrected chi connectivity index (χ1v) is 7.82. The number of nitrogens with one attached hydrogen (secondary N) is 1. The number of thioether (sulfide) groups is 1. The molecule has 112 valence electrons. The van der Waals surface area contributed by atoms with Crippen LogP contribution in [0, 0.1) is 0 Å². The third kappa shape index (κ3) is 6.30. The van der Waals surface area contributed by atoms with Crippen LogP contribution in [0.3, 0.4) is 0 Å². The van der Waals surface area contributed by atoms with Crippen LogP contribution >= 0.6 is 11.8 Å².